The highest BCUT2D eigenvalue weighted by molar-refractivity contribution is 6.76. The van der Waals surface area contributed by atoms with E-state index in [1.165, 1.54) is 0 Å². The lowest BCUT2D eigenvalue weighted by atomic mass is 10.5. The van der Waals surface area contributed by atoms with E-state index in [4.69, 9.17) is 92.8 Å². The SMILES string of the molecule is Cl/C(=C(/Cl)C(Cl)(Cl)Cl)C(Cl)(Cl)Cl. The van der Waals surface area contributed by atoms with E-state index < -0.39 is 7.59 Å². The summed E-state index contributed by atoms with van der Waals surface area (Å²) in [7, 11) is 0. The summed E-state index contributed by atoms with van der Waals surface area (Å²) in [6.07, 6.45) is 0. The Labute approximate surface area is 110 Å². The molecule has 0 spiro atoms. The second-order valence-corrected chi connectivity index (χ2v) is 6.94. The van der Waals surface area contributed by atoms with Gasteiger partial charge in [0, 0.05) is 0 Å². The van der Waals surface area contributed by atoms with Gasteiger partial charge in [0.1, 0.15) is 0 Å². The summed E-state index contributed by atoms with van der Waals surface area (Å²) in [5.41, 5.74) is 0. The van der Waals surface area contributed by atoms with Crippen LogP contribution in [0.3, 0.4) is 0 Å². The summed E-state index contributed by atoms with van der Waals surface area (Å²) in [6, 6.07) is 0. The lowest BCUT2D eigenvalue weighted by molar-refractivity contribution is 1.30. The van der Waals surface area contributed by atoms with Crippen molar-refractivity contribution in [3.63, 3.8) is 0 Å². The van der Waals surface area contributed by atoms with Gasteiger partial charge in [0.15, 0.2) is 0 Å². The van der Waals surface area contributed by atoms with E-state index in [1.54, 1.807) is 0 Å². The largest absolute Gasteiger partial charge is 0.227 e. The van der Waals surface area contributed by atoms with E-state index in [0.29, 0.717) is 0 Å². The number of hydrogen-bond donors (Lipinski definition) is 0. The third-order valence-corrected chi connectivity index (χ3v) is 3.45. The number of alkyl halides is 6. The summed E-state index contributed by atoms with van der Waals surface area (Å²) < 4.78 is -3.77. The zero-order chi connectivity index (χ0) is 10.2. The van der Waals surface area contributed by atoms with Gasteiger partial charge in [-0.05, 0) is 0 Å². The van der Waals surface area contributed by atoms with Crippen LogP contribution >= 0.6 is 92.8 Å². The highest BCUT2D eigenvalue weighted by Crippen LogP contribution is 2.47. The highest BCUT2D eigenvalue weighted by Gasteiger charge is 2.35. The Bertz CT molecular complexity index is 170. The molecule has 0 aromatic heterocycles. The Morgan fingerprint density at radius 1 is 0.583 bits per heavy atom. The molecule has 0 bridgehead atoms. The van der Waals surface area contributed by atoms with Gasteiger partial charge >= 0.3 is 0 Å². The van der Waals surface area contributed by atoms with E-state index in [0.717, 1.165) is 0 Å². The van der Waals surface area contributed by atoms with E-state index in [1.807, 2.05) is 0 Å². The third-order valence-electron chi connectivity index (χ3n) is 0.690. The average molecular weight is 332 g/mol. The first kappa shape index (κ1) is 14.1. The fourth-order valence-corrected chi connectivity index (χ4v) is 1.39. The maximum Gasteiger partial charge on any atom is 0.227 e. The van der Waals surface area contributed by atoms with Crippen molar-refractivity contribution in [1.82, 2.24) is 0 Å². The summed E-state index contributed by atoms with van der Waals surface area (Å²) >= 11 is 43.2. The summed E-state index contributed by atoms with van der Waals surface area (Å²) in [4.78, 5) is 0. The van der Waals surface area contributed by atoms with Crippen molar-refractivity contribution >= 4 is 92.8 Å². The zero-order valence-electron chi connectivity index (χ0n) is 5.02. The molecule has 0 aromatic carbocycles. The molecule has 72 valence electrons. The molecule has 0 radical (unpaired) electrons. The molecule has 0 unspecified atom stereocenters. The predicted molar refractivity (Wildman–Crippen MR) is 59.3 cm³/mol. The van der Waals surface area contributed by atoms with E-state index in [9.17, 15) is 0 Å². The minimum Gasteiger partial charge on any atom is -0.0830 e. The molecular formula is C4Cl8. The fraction of sp³-hybridized carbons (Fsp3) is 0.500. The van der Waals surface area contributed by atoms with E-state index >= 15 is 0 Å². The first-order chi connectivity index (χ1) is 5.07. The molecule has 0 atom stereocenters. The highest BCUT2D eigenvalue weighted by atomic mass is 35.6. The van der Waals surface area contributed by atoms with Crippen LogP contribution in [0.1, 0.15) is 0 Å². The molecular weight excluding hydrogens is 332 g/mol. The molecule has 0 aromatic rings. The van der Waals surface area contributed by atoms with Crippen LogP contribution in [0.4, 0.5) is 0 Å². The lowest BCUT2D eigenvalue weighted by Crippen LogP contribution is -2.11. The van der Waals surface area contributed by atoms with Gasteiger partial charge in [-0.25, -0.2) is 0 Å². The van der Waals surface area contributed by atoms with Crippen molar-refractivity contribution in [2.24, 2.45) is 0 Å². The zero-order valence-corrected chi connectivity index (χ0v) is 11.1. The normalized spacial score (nSPS) is 16.0. The summed E-state index contributed by atoms with van der Waals surface area (Å²) in [6.45, 7) is 0. The molecule has 0 N–H and O–H groups in total. The summed E-state index contributed by atoms with van der Waals surface area (Å²) in [5, 5.41) is -0.677. The van der Waals surface area contributed by atoms with Crippen molar-refractivity contribution in [1.29, 1.82) is 0 Å². The molecule has 0 rings (SSSR count). The van der Waals surface area contributed by atoms with Crippen LogP contribution in [0.2, 0.25) is 0 Å². The van der Waals surface area contributed by atoms with Gasteiger partial charge in [-0.3, -0.25) is 0 Å². The molecule has 0 saturated heterocycles. The molecule has 12 heavy (non-hydrogen) atoms. The van der Waals surface area contributed by atoms with Crippen LogP contribution in [0, 0.1) is 0 Å². The van der Waals surface area contributed by atoms with Crippen LogP contribution < -0.4 is 0 Å². The minimum atomic E-state index is -1.89. The van der Waals surface area contributed by atoms with Gasteiger partial charge in [0.25, 0.3) is 0 Å². The average Bonchev–Trinajstić information content (AvgIpc) is 1.80. The van der Waals surface area contributed by atoms with Crippen molar-refractivity contribution in [3.05, 3.63) is 10.1 Å². The van der Waals surface area contributed by atoms with Gasteiger partial charge in [-0.15, -0.1) is 0 Å². The van der Waals surface area contributed by atoms with E-state index in [2.05, 4.69) is 0 Å². The number of allylic oxidation sites excluding steroid dienone is 2. The monoisotopic (exact) mass is 328 g/mol. The lowest BCUT2D eigenvalue weighted by Gasteiger charge is -2.16. The van der Waals surface area contributed by atoms with Crippen LogP contribution in [0.5, 0.6) is 0 Å². The van der Waals surface area contributed by atoms with Crippen LogP contribution in [0.15, 0.2) is 10.1 Å². The standard InChI is InChI=1S/C4Cl8/c5-1(3(7,8)9)2(6)4(10,11)12/b2-1+. The van der Waals surface area contributed by atoms with Crippen molar-refractivity contribution in [2.45, 2.75) is 7.59 Å². The molecule has 8 heteroatoms. The van der Waals surface area contributed by atoms with Crippen molar-refractivity contribution in [2.75, 3.05) is 0 Å². The van der Waals surface area contributed by atoms with Gasteiger partial charge in [-0.2, -0.15) is 0 Å². The quantitative estimate of drug-likeness (QED) is 0.520. The molecule has 0 saturated carbocycles. The molecule has 0 aliphatic heterocycles. The van der Waals surface area contributed by atoms with Crippen molar-refractivity contribution < 1.29 is 0 Å². The topological polar surface area (TPSA) is 0 Å². The molecule has 0 aliphatic rings. The van der Waals surface area contributed by atoms with Crippen molar-refractivity contribution in [3.8, 4) is 0 Å². The van der Waals surface area contributed by atoms with Crippen LogP contribution in [0.25, 0.3) is 0 Å². The minimum absolute atomic E-state index is 0.339. The first-order valence-corrected chi connectivity index (χ1v) is 5.29. The second-order valence-electron chi connectivity index (χ2n) is 1.62. The van der Waals surface area contributed by atoms with Crippen LogP contribution in [-0.2, 0) is 0 Å². The van der Waals surface area contributed by atoms with Gasteiger partial charge in [0.2, 0.25) is 7.59 Å². The molecule has 0 fully saturated rings. The predicted octanol–water partition coefficient (Wildman–Crippen LogP) is 5.42. The smallest absolute Gasteiger partial charge is 0.0830 e. The molecule has 0 aliphatic carbocycles. The van der Waals surface area contributed by atoms with Gasteiger partial charge in [0.05, 0.1) is 10.1 Å². The van der Waals surface area contributed by atoms with Gasteiger partial charge < -0.3 is 0 Å². The van der Waals surface area contributed by atoms with Crippen LogP contribution in [-0.4, -0.2) is 7.59 Å². The molecule has 0 nitrogen and oxygen atoms in total. The Morgan fingerprint density at radius 2 is 0.750 bits per heavy atom. The molecule has 0 heterocycles. The summed E-state index contributed by atoms with van der Waals surface area (Å²) in [5.74, 6) is 0. The maximum atomic E-state index is 5.49. The molecule has 0 amide bonds. The Kier molecular flexibility index (Phi) is 5.53. The number of rotatable bonds is 0. The Hall–Kier alpha value is 2.06. The maximum absolute atomic E-state index is 5.49. The Morgan fingerprint density at radius 3 is 0.833 bits per heavy atom. The Balaban J connectivity index is 4.96. The fourth-order valence-electron chi connectivity index (χ4n) is 0.249. The number of hydrogen-bond acceptors (Lipinski definition) is 0. The second kappa shape index (κ2) is 4.72. The first-order valence-electron chi connectivity index (χ1n) is 2.26. The van der Waals surface area contributed by atoms with Gasteiger partial charge in [-0.1, -0.05) is 92.8 Å². The number of halogens is 8. The van der Waals surface area contributed by atoms with E-state index in [-0.39, 0.29) is 10.1 Å². The third kappa shape index (κ3) is 4.52.